The Bertz CT molecular complexity index is 436. The molecular weight excluding hydrogens is 252 g/mol. The molecule has 3 rings (SSSR count). The fourth-order valence-electron chi connectivity index (χ4n) is 2.97. The molecule has 1 amide bonds. The molecule has 0 radical (unpaired) electrons. The van der Waals surface area contributed by atoms with Crippen molar-refractivity contribution in [3.8, 4) is 0 Å². The van der Waals surface area contributed by atoms with E-state index in [1.807, 2.05) is 23.2 Å². The minimum Gasteiger partial charge on any atom is -0.340 e. The smallest absolute Gasteiger partial charge is 0.227 e. The highest BCUT2D eigenvalue weighted by molar-refractivity contribution is 5.79. The number of amides is 1. The van der Waals surface area contributed by atoms with Crippen LogP contribution in [0.5, 0.6) is 0 Å². The maximum atomic E-state index is 12.3. The number of nitrogens with one attached hydrogen (secondary N) is 1. The van der Waals surface area contributed by atoms with Crippen molar-refractivity contribution >= 4 is 5.91 Å². The summed E-state index contributed by atoms with van der Waals surface area (Å²) in [6, 6.07) is 6.02. The van der Waals surface area contributed by atoms with Crippen molar-refractivity contribution in [1.82, 2.24) is 20.1 Å². The predicted octanol–water partition coefficient (Wildman–Crippen LogP) is 0.335. The van der Waals surface area contributed by atoms with Crippen molar-refractivity contribution in [3.63, 3.8) is 0 Å². The molecule has 108 valence electrons. The van der Waals surface area contributed by atoms with E-state index >= 15 is 0 Å². The number of carbonyl (C=O) groups is 1. The highest BCUT2D eigenvalue weighted by atomic mass is 16.2. The number of hydrogen-bond acceptors (Lipinski definition) is 4. The van der Waals surface area contributed by atoms with Crippen LogP contribution in [0.1, 0.15) is 12.1 Å². The first-order chi connectivity index (χ1) is 9.83. The van der Waals surface area contributed by atoms with Crippen LogP contribution in [0.4, 0.5) is 0 Å². The van der Waals surface area contributed by atoms with Crippen LogP contribution in [0.25, 0.3) is 0 Å². The lowest BCUT2D eigenvalue weighted by Gasteiger charge is -2.35. The third-order valence-electron chi connectivity index (χ3n) is 4.21. The van der Waals surface area contributed by atoms with Gasteiger partial charge in [0.25, 0.3) is 0 Å². The molecule has 1 aromatic heterocycles. The molecule has 0 bridgehead atoms. The topological polar surface area (TPSA) is 48.5 Å². The van der Waals surface area contributed by atoms with Gasteiger partial charge in [-0.05, 0) is 25.1 Å². The van der Waals surface area contributed by atoms with Crippen molar-refractivity contribution in [2.75, 3.05) is 39.3 Å². The van der Waals surface area contributed by atoms with E-state index in [9.17, 15) is 4.79 Å². The third-order valence-corrected chi connectivity index (χ3v) is 4.21. The molecule has 3 heterocycles. The first kappa shape index (κ1) is 13.5. The largest absolute Gasteiger partial charge is 0.340 e. The van der Waals surface area contributed by atoms with Gasteiger partial charge in [0.05, 0.1) is 11.6 Å². The van der Waals surface area contributed by atoms with E-state index in [1.54, 1.807) is 0 Å². The molecule has 2 saturated heterocycles. The van der Waals surface area contributed by atoms with Gasteiger partial charge in [0.15, 0.2) is 0 Å². The van der Waals surface area contributed by atoms with Gasteiger partial charge in [-0.25, -0.2) is 0 Å². The monoisotopic (exact) mass is 274 g/mol. The Morgan fingerprint density at radius 2 is 2.15 bits per heavy atom. The molecule has 0 spiro atoms. The summed E-state index contributed by atoms with van der Waals surface area (Å²) in [6.45, 7) is 6.31. The minimum atomic E-state index is 0.206. The molecule has 1 aromatic rings. The van der Waals surface area contributed by atoms with Crippen LogP contribution >= 0.6 is 0 Å². The van der Waals surface area contributed by atoms with Crippen LogP contribution in [-0.2, 0) is 11.3 Å². The molecule has 1 unspecified atom stereocenters. The van der Waals surface area contributed by atoms with E-state index < -0.39 is 0 Å². The number of hydrogen-bond donors (Lipinski definition) is 1. The van der Waals surface area contributed by atoms with Crippen molar-refractivity contribution in [3.05, 3.63) is 30.1 Å². The lowest BCUT2D eigenvalue weighted by atomic mass is 10.1. The van der Waals surface area contributed by atoms with E-state index in [1.165, 1.54) is 0 Å². The third kappa shape index (κ3) is 3.16. The van der Waals surface area contributed by atoms with E-state index in [2.05, 4.69) is 21.3 Å². The van der Waals surface area contributed by atoms with E-state index in [0.717, 1.165) is 57.9 Å². The summed E-state index contributed by atoms with van der Waals surface area (Å²) >= 11 is 0. The Morgan fingerprint density at radius 1 is 1.30 bits per heavy atom. The summed E-state index contributed by atoms with van der Waals surface area (Å²) in [5, 5.41) is 3.27. The van der Waals surface area contributed by atoms with Crippen LogP contribution in [0.3, 0.4) is 0 Å². The lowest BCUT2D eigenvalue weighted by molar-refractivity contribution is -0.136. The fourth-order valence-corrected chi connectivity index (χ4v) is 2.97. The second-order valence-electron chi connectivity index (χ2n) is 5.61. The number of piperazine rings is 1. The van der Waals surface area contributed by atoms with Gasteiger partial charge in [0, 0.05) is 45.5 Å². The molecular formula is C15H22N4O. The summed E-state index contributed by atoms with van der Waals surface area (Å²) in [7, 11) is 0. The van der Waals surface area contributed by atoms with Gasteiger partial charge in [-0.3, -0.25) is 14.7 Å². The number of pyridine rings is 1. The zero-order valence-electron chi connectivity index (χ0n) is 11.8. The zero-order chi connectivity index (χ0) is 13.8. The number of rotatable bonds is 3. The Morgan fingerprint density at radius 3 is 2.80 bits per heavy atom. The summed E-state index contributed by atoms with van der Waals surface area (Å²) in [4.78, 5) is 21.1. The number of carbonyl (C=O) groups excluding carboxylic acids is 1. The summed E-state index contributed by atoms with van der Waals surface area (Å²) < 4.78 is 0. The SMILES string of the molecule is O=C(C1CCNC1)N1CCN(Cc2ccccn2)CC1. The van der Waals surface area contributed by atoms with Gasteiger partial charge in [-0.1, -0.05) is 6.07 Å². The van der Waals surface area contributed by atoms with Crippen molar-refractivity contribution < 1.29 is 4.79 Å². The molecule has 5 heteroatoms. The van der Waals surface area contributed by atoms with Gasteiger partial charge in [-0.2, -0.15) is 0 Å². The number of aromatic nitrogens is 1. The van der Waals surface area contributed by atoms with Crippen LogP contribution in [0, 0.1) is 5.92 Å². The van der Waals surface area contributed by atoms with Crippen LogP contribution in [0.2, 0.25) is 0 Å². The lowest BCUT2D eigenvalue weighted by Crippen LogP contribution is -2.50. The average Bonchev–Trinajstić information content (AvgIpc) is 3.03. The molecule has 2 aliphatic heterocycles. The van der Waals surface area contributed by atoms with E-state index in [-0.39, 0.29) is 5.92 Å². The molecule has 0 aliphatic carbocycles. The summed E-state index contributed by atoms with van der Waals surface area (Å²) in [5.41, 5.74) is 1.10. The molecule has 2 aliphatic rings. The molecule has 0 saturated carbocycles. The van der Waals surface area contributed by atoms with Gasteiger partial charge in [0.2, 0.25) is 5.91 Å². The van der Waals surface area contributed by atoms with Gasteiger partial charge >= 0.3 is 0 Å². The first-order valence-corrected chi connectivity index (χ1v) is 7.45. The molecule has 1 N–H and O–H groups in total. The van der Waals surface area contributed by atoms with E-state index in [0.29, 0.717) is 5.91 Å². The Balaban J connectivity index is 1.48. The molecule has 5 nitrogen and oxygen atoms in total. The highest BCUT2D eigenvalue weighted by Gasteiger charge is 2.29. The molecule has 20 heavy (non-hydrogen) atoms. The van der Waals surface area contributed by atoms with Gasteiger partial charge in [-0.15, -0.1) is 0 Å². The second-order valence-corrected chi connectivity index (χ2v) is 5.61. The average molecular weight is 274 g/mol. The molecule has 2 fully saturated rings. The van der Waals surface area contributed by atoms with Gasteiger partial charge in [0.1, 0.15) is 0 Å². The maximum absolute atomic E-state index is 12.3. The fraction of sp³-hybridized carbons (Fsp3) is 0.600. The Labute approximate surface area is 120 Å². The number of nitrogens with zero attached hydrogens (tertiary/aromatic N) is 3. The van der Waals surface area contributed by atoms with Crippen LogP contribution in [0.15, 0.2) is 24.4 Å². The Hall–Kier alpha value is -1.46. The quantitative estimate of drug-likeness (QED) is 0.863. The van der Waals surface area contributed by atoms with E-state index in [4.69, 9.17) is 0 Å². The molecule has 0 aromatic carbocycles. The zero-order valence-corrected chi connectivity index (χ0v) is 11.8. The van der Waals surface area contributed by atoms with Crippen LogP contribution < -0.4 is 5.32 Å². The molecule has 1 atom stereocenters. The van der Waals surface area contributed by atoms with Gasteiger partial charge < -0.3 is 10.2 Å². The normalized spacial score (nSPS) is 24.0. The maximum Gasteiger partial charge on any atom is 0.227 e. The van der Waals surface area contributed by atoms with Crippen molar-refractivity contribution in [1.29, 1.82) is 0 Å². The predicted molar refractivity (Wildman–Crippen MR) is 77.1 cm³/mol. The summed E-state index contributed by atoms with van der Waals surface area (Å²) in [5.74, 6) is 0.546. The summed E-state index contributed by atoms with van der Waals surface area (Å²) in [6.07, 6.45) is 2.83. The second kappa shape index (κ2) is 6.33. The Kier molecular flexibility index (Phi) is 4.28. The van der Waals surface area contributed by atoms with Crippen molar-refractivity contribution in [2.24, 2.45) is 5.92 Å². The van der Waals surface area contributed by atoms with Crippen molar-refractivity contribution in [2.45, 2.75) is 13.0 Å². The first-order valence-electron chi connectivity index (χ1n) is 7.45. The highest BCUT2D eigenvalue weighted by Crippen LogP contribution is 2.14. The minimum absolute atomic E-state index is 0.206. The standard InChI is InChI=1S/C15H22N4O/c20-15(13-4-6-16-11-13)19-9-7-18(8-10-19)12-14-3-1-2-5-17-14/h1-3,5,13,16H,4,6-12H2. The van der Waals surface area contributed by atoms with Crippen LogP contribution in [-0.4, -0.2) is 60.0 Å².